The molecule has 1 unspecified atom stereocenters. The summed E-state index contributed by atoms with van der Waals surface area (Å²) in [6, 6.07) is 0.280. The molecular weight excluding hydrogens is 246 g/mol. The summed E-state index contributed by atoms with van der Waals surface area (Å²) in [5.74, 6) is 1.04. The highest BCUT2D eigenvalue weighted by atomic mass is 32.1. The van der Waals surface area contributed by atoms with Crippen molar-refractivity contribution < 1.29 is 0 Å². The number of nitrogens with one attached hydrogen (secondary N) is 1. The summed E-state index contributed by atoms with van der Waals surface area (Å²) in [5, 5.41) is 7.75. The second-order valence-corrected chi connectivity index (χ2v) is 5.04. The highest BCUT2D eigenvalue weighted by Crippen LogP contribution is 2.20. The molecule has 5 nitrogen and oxygen atoms in total. The van der Waals surface area contributed by atoms with Gasteiger partial charge in [0.05, 0.1) is 11.6 Å². The van der Waals surface area contributed by atoms with Gasteiger partial charge in [-0.2, -0.15) is 5.10 Å². The molecule has 0 aliphatic carbocycles. The van der Waals surface area contributed by atoms with Gasteiger partial charge in [0.1, 0.15) is 12.2 Å². The van der Waals surface area contributed by atoms with Gasteiger partial charge in [-0.05, 0) is 13.0 Å². The Kier molecular flexibility index (Phi) is 4.83. The number of aromatic nitrogens is 4. The summed E-state index contributed by atoms with van der Waals surface area (Å²) in [7, 11) is 0. The highest BCUT2D eigenvalue weighted by Gasteiger charge is 2.16. The number of thiazole rings is 1. The van der Waals surface area contributed by atoms with Crippen LogP contribution in [0.5, 0.6) is 0 Å². The van der Waals surface area contributed by atoms with Gasteiger partial charge in [-0.1, -0.05) is 13.8 Å². The summed E-state index contributed by atoms with van der Waals surface area (Å²) >= 11 is 1.68. The van der Waals surface area contributed by atoms with E-state index in [9.17, 15) is 0 Å². The van der Waals surface area contributed by atoms with Crippen molar-refractivity contribution in [1.82, 2.24) is 25.1 Å². The molecule has 0 spiro atoms. The van der Waals surface area contributed by atoms with Gasteiger partial charge in [0.15, 0.2) is 0 Å². The van der Waals surface area contributed by atoms with E-state index in [-0.39, 0.29) is 6.04 Å². The Morgan fingerprint density at radius 3 is 3.00 bits per heavy atom. The number of hydrogen-bond donors (Lipinski definition) is 1. The van der Waals surface area contributed by atoms with E-state index in [2.05, 4.69) is 34.2 Å². The molecule has 0 amide bonds. The Morgan fingerprint density at radius 2 is 2.33 bits per heavy atom. The SMILES string of the molecule is CCCn1ncnc1CC(NCC)c1cncs1. The van der Waals surface area contributed by atoms with Gasteiger partial charge in [0, 0.05) is 24.0 Å². The van der Waals surface area contributed by atoms with Gasteiger partial charge < -0.3 is 5.32 Å². The molecule has 1 N–H and O–H groups in total. The monoisotopic (exact) mass is 265 g/mol. The second-order valence-electron chi connectivity index (χ2n) is 4.12. The lowest BCUT2D eigenvalue weighted by molar-refractivity contribution is 0.503. The number of rotatable bonds is 7. The summed E-state index contributed by atoms with van der Waals surface area (Å²) in [6.45, 7) is 6.13. The smallest absolute Gasteiger partial charge is 0.138 e. The summed E-state index contributed by atoms with van der Waals surface area (Å²) in [4.78, 5) is 9.76. The van der Waals surface area contributed by atoms with E-state index >= 15 is 0 Å². The molecule has 2 rings (SSSR count). The third-order valence-corrected chi connectivity index (χ3v) is 3.65. The summed E-state index contributed by atoms with van der Waals surface area (Å²) in [5.41, 5.74) is 1.87. The minimum atomic E-state index is 0.280. The second kappa shape index (κ2) is 6.61. The molecule has 0 radical (unpaired) electrons. The van der Waals surface area contributed by atoms with Crippen molar-refractivity contribution in [3.8, 4) is 0 Å². The fourth-order valence-corrected chi connectivity index (χ4v) is 2.64. The van der Waals surface area contributed by atoms with Gasteiger partial charge >= 0.3 is 0 Å². The molecule has 1 atom stereocenters. The van der Waals surface area contributed by atoms with E-state index in [1.54, 1.807) is 17.7 Å². The Balaban J connectivity index is 2.11. The van der Waals surface area contributed by atoms with Crippen LogP contribution in [0.2, 0.25) is 0 Å². The first-order chi connectivity index (χ1) is 8.85. The van der Waals surface area contributed by atoms with Crippen molar-refractivity contribution in [2.24, 2.45) is 0 Å². The Hall–Kier alpha value is -1.27. The van der Waals surface area contributed by atoms with Crippen LogP contribution in [0, 0.1) is 0 Å². The van der Waals surface area contributed by atoms with Crippen LogP contribution in [-0.2, 0) is 13.0 Å². The molecule has 0 aliphatic rings. The van der Waals surface area contributed by atoms with Crippen molar-refractivity contribution in [3.63, 3.8) is 0 Å². The molecule has 0 saturated carbocycles. The fraction of sp³-hybridized carbons (Fsp3) is 0.583. The Bertz CT molecular complexity index is 451. The van der Waals surface area contributed by atoms with Crippen LogP contribution < -0.4 is 5.32 Å². The minimum Gasteiger partial charge on any atom is -0.309 e. The van der Waals surface area contributed by atoms with E-state index in [0.717, 1.165) is 31.8 Å². The van der Waals surface area contributed by atoms with Gasteiger partial charge in [-0.25, -0.2) is 4.98 Å². The largest absolute Gasteiger partial charge is 0.309 e. The quantitative estimate of drug-likeness (QED) is 0.832. The zero-order chi connectivity index (χ0) is 12.8. The molecule has 0 bridgehead atoms. The zero-order valence-corrected chi connectivity index (χ0v) is 11.7. The predicted molar refractivity (Wildman–Crippen MR) is 72.5 cm³/mol. The molecule has 0 aromatic carbocycles. The Morgan fingerprint density at radius 1 is 1.44 bits per heavy atom. The molecule has 0 aliphatic heterocycles. The first kappa shape index (κ1) is 13.2. The zero-order valence-electron chi connectivity index (χ0n) is 10.8. The van der Waals surface area contributed by atoms with Crippen LogP contribution in [-0.4, -0.2) is 26.3 Å². The van der Waals surface area contributed by atoms with Crippen LogP contribution in [0.15, 0.2) is 18.0 Å². The van der Waals surface area contributed by atoms with Crippen LogP contribution in [0.4, 0.5) is 0 Å². The van der Waals surface area contributed by atoms with E-state index < -0.39 is 0 Å². The van der Waals surface area contributed by atoms with Crippen molar-refractivity contribution >= 4 is 11.3 Å². The van der Waals surface area contributed by atoms with Gasteiger partial charge in [-0.3, -0.25) is 9.67 Å². The fourth-order valence-electron chi connectivity index (χ4n) is 1.94. The molecule has 2 heterocycles. The van der Waals surface area contributed by atoms with Crippen molar-refractivity contribution in [3.05, 3.63) is 28.7 Å². The topological polar surface area (TPSA) is 55.6 Å². The lowest BCUT2D eigenvalue weighted by Crippen LogP contribution is -2.23. The van der Waals surface area contributed by atoms with E-state index in [1.807, 2.05) is 16.4 Å². The van der Waals surface area contributed by atoms with Crippen molar-refractivity contribution in [1.29, 1.82) is 0 Å². The first-order valence-electron chi connectivity index (χ1n) is 6.33. The highest BCUT2D eigenvalue weighted by molar-refractivity contribution is 7.09. The molecule has 0 fully saturated rings. The van der Waals surface area contributed by atoms with Gasteiger partial charge in [-0.15, -0.1) is 11.3 Å². The molecule has 2 aromatic rings. The van der Waals surface area contributed by atoms with Crippen LogP contribution in [0.3, 0.4) is 0 Å². The van der Waals surface area contributed by atoms with Crippen LogP contribution in [0.1, 0.15) is 37.0 Å². The number of aryl methyl sites for hydroxylation is 1. The summed E-state index contributed by atoms with van der Waals surface area (Å²) < 4.78 is 1.99. The van der Waals surface area contributed by atoms with Crippen molar-refractivity contribution in [2.75, 3.05) is 6.54 Å². The average molecular weight is 265 g/mol. The van der Waals surface area contributed by atoms with Gasteiger partial charge in [0.25, 0.3) is 0 Å². The minimum absolute atomic E-state index is 0.280. The third kappa shape index (κ3) is 3.14. The molecule has 2 aromatic heterocycles. The molecule has 18 heavy (non-hydrogen) atoms. The number of hydrogen-bond acceptors (Lipinski definition) is 5. The lowest BCUT2D eigenvalue weighted by Gasteiger charge is -2.15. The van der Waals surface area contributed by atoms with Crippen molar-refractivity contribution in [2.45, 2.75) is 39.3 Å². The predicted octanol–water partition coefficient (Wildman–Crippen LogP) is 2.04. The molecular formula is C12H19N5S. The molecule has 0 saturated heterocycles. The first-order valence-corrected chi connectivity index (χ1v) is 7.21. The van der Waals surface area contributed by atoms with E-state index in [4.69, 9.17) is 0 Å². The Labute approximate surface area is 111 Å². The third-order valence-electron chi connectivity index (χ3n) is 2.76. The summed E-state index contributed by atoms with van der Waals surface area (Å²) in [6.07, 6.45) is 5.50. The lowest BCUT2D eigenvalue weighted by atomic mass is 10.1. The number of likely N-dealkylation sites (N-methyl/N-ethyl adjacent to an activating group) is 1. The van der Waals surface area contributed by atoms with Crippen LogP contribution in [0.25, 0.3) is 0 Å². The van der Waals surface area contributed by atoms with Crippen LogP contribution >= 0.6 is 11.3 Å². The molecule has 6 heteroatoms. The normalized spacial score (nSPS) is 12.8. The average Bonchev–Trinajstić information content (AvgIpc) is 3.01. The van der Waals surface area contributed by atoms with E-state index in [1.165, 1.54) is 4.88 Å². The maximum atomic E-state index is 4.36. The number of nitrogens with zero attached hydrogens (tertiary/aromatic N) is 4. The maximum absolute atomic E-state index is 4.36. The standard InChI is InChI=1S/C12H19N5S/c1-3-5-17-12(15-8-16-17)6-10(14-4-2)11-7-13-9-18-11/h7-10,14H,3-6H2,1-2H3. The molecule has 98 valence electrons. The maximum Gasteiger partial charge on any atom is 0.138 e. The van der Waals surface area contributed by atoms with Gasteiger partial charge in [0.2, 0.25) is 0 Å². The van der Waals surface area contributed by atoms with E-state index in [0.29, 0.717) is 0 Å².